The molecule has 0 spiro atoms. The molecule has 0 aliphatic rings. The van der Waals surface area contributed by atoms with Crippen LogP contribution in [0.5, 0.6) is 0 Å². The third kappa shape index (κ3) is 3.15. The zero-order valence-corrected chi connectivity index (χ0v) is 12.0. The van der Waals surface area contributed by atoms with Crippen LogP contribution in [0.25, 0.3) is 11.3 Å². The van der Waals surface area contributed by atoms with Crippen LogP contribution in [-0.4, -0.2) is 20.9 Å². The van der Waals surface area contributed by atoms with E-state index in [0.29, 0.717) is 11.4 Å². The molecule has 1 aromatic carbocycles. The number of aromatic nitrogens is 3. The molecule has 1 N–H and O–H groups in total. The number of carbonyl (C=O) groups is 1. The zero-order valence-electron chi connectivity index (χ0n) is 12.0. The SMILES string of the molecule is Cc1nccc(-c2cccc(NC(=O)c3ccncc3)c2)n1. The van der Waals surface area contributed by atoms with Crippen molar-refractivity contribution in [3.8, 4) is 11.3 Å². The van der Waals surface area contributed by atoms with Gasteiger partial charge in [0.2, 0.25) is 0 Å². The summed E-state index contributed by atoms with van der Waals surface area (Å²) in [6.07, 6.45) is 4.91. The van der Waals surface area contributed by atoms with Crippen LogP contribution in [0.2, 0.25) is 0 Å². The van der Waals surface area contributed by atoms with Crippen LogP contribution in [0, 0.1) is 6.92 Å². The predicted molar refractivity (Wildman–Crippen MR) is 84.4 cm³/mol. The maximum atomic E-state index is 12.2. The number of pyridine rings is 1. The Hall–Kier alpha value is -3.08. The molecular formula is C17H14N4O. The van der Waals surface area contributed by atoms with E-state index < -0.39 is 0 Å². The van der Waals surface area contributed by atoms with E-state index in [1.807, 2.05) is 37.3 Å². The van der Waals surface area contributed by atoms with E-state index in [-0.39, 0.29) is 5.91 Å². The number of carbonyl (C=O) groups excluding carboxylic acids is 1. The van der Waals surface area contributed by atoms with E-state index >= 15 is 0 Å². The molecule has 0 fully saturated rings. The summed E-state index contributed by atoms with van der Waals surface area (Å²) in [6.45, 7) is 1.85. The molecular weight excluding hydrogens is 276 g/mol. The van der Waals surface area contributed by atoms with Gasteiger partial charge in [0.15, 0.2) is 0 Å². The van der Waals surface area contributed by atoms with Crippen molar-refractivity contribution in [2.24, 2.45) is 0 Å². The second kappa shape index (κ2) is 6.13. The van der Waals surface area contributed by atoms with Crippen molar-refractivity contribution in [2.75, 3.05) is 5.32 Å². The topological polar surface area (TPSA) is 67.8 Å². The number of hydrogen-bond donors (Lipinski definition) is 1. The minimum atomic E-state index is -0.168. The smallest absolute Gasteiger partial charge is 0.255 e. The van der Waals surface area contributed by atoms with Crippen LogP contribution < -0.4 is 5.32 Å². The summed E-state index contributed by atoms with van der Waals surface area (Å²) in [5.41, 5.74) is 3.04. The summed E-state index contributed by atoms with van der Waals surface area (Å²) in [5.74, 6) is 0.544. The monoisotopic (exact) mass is 290 g/mol. The first kappa shape index (κ1) is 13.9. The molecule has 2 aromatic heterocycles. The highest BCUT2D eigenvalue weighted by Gasteiger charge is 2.07. The first-order chi connectivity index (χ1) is 10.7. The Morgan fingerprint density at radius 2 is 1.86 bits per heavy atom. The number of nitrogens with zero attached hydrogens (tertiary/aromatic N) is 3. The number of benzene rings is 1. The Kier molecular flexibility index (Phi) is 3.87. The van der Waals surface area contributed by atoms with Crippen molar-refractivity contribution in [1.82, 2.24) is 15.0 Å². The molecule has 0 atom stereocenters. The van der Waals surface area contributed by atoms with Crippen molar-refractivity contribution in [1.29, 1.82) is 0 Å². The highest BCUT2D eigenvalue weighted by molar-refractivity contribution is 6.04. The normalized spacial score (nSPS) is 10.2. The lowest BCUT2D eigenvalue weighted by Gasteiger charge is -2.07. The molecule has 0 aliphatic heterocycles. The Labute approximate surface area is 128 Å². The standard InChI is InChI=1S/C17H14N4O/c1-12-19-10-7-16(20-12)14-3-2-4-15(11-14)21-17(22)13-5-8-18-9-6-13/h2-11H,1H3,(H,21,22). The molecule has 0 radical (unpaired) electrons. The number of rotatable bonds is 3. The summed E-state index contributed by atoms with van der Waals surface area (Å²) in [4.78, 5) is 24.5. The molecule has 0 saturated carbocycles. The Bertz CT molecular complexity index is 803. The fraction of sp³-hybridized carbons (Fsp3) is 0.0588. The molecule has 2 heterocycles. The second-order valence-electron chi connectivity index (χ2n) is 4.76. The van der Waals surface area contributed by atoms with E-state index in [0.717, 1.165) is 16.9 Å². The molecule has 0 bridgehead atoms. The van der Waals surface area contributed by atoms with Crippen LogP contribution in [0.15, 0.2) is 61.1 Å². The van der Waals surface area contributed by atoms with Gasteiger partial charge in [-0.3, -0.25) is 9.78 Å². The Balaban J connectivity index is 1.84. The van der Waals surface area contributed by atoms with Gasteiger partial charge in [0.25, 0.3) is 5.91 Å². The number of hydrogen-bond acceptors (Lipinski definition) is 4. The van der Waals surface area contributed by atoms with Gasteiger partial charge in [-0.05, 0) is 37.3 Å². The predicted octanol–water partition coefficient (Wildman–Crippen LogP) is 3.10. The average molecular weight is 290 g/mol. The Morgan fingerprint density at radius 3 is 2.64 bits per heavy atom. The van der Waals surface area contributed by atoms with Gasteiger partial charge in [-0.25, -0.2) is 9.97 Å². The first-order valence-corrected chi connectivity index (χ1v) is 6.84. The number of anilines is 1. The van der Waals surface area contributed by atoms with E-state index in [1.165, 1.54) is 0 Å². The van der Waals surface area contributed by atoms with Gasteiger partial charge in [0, 0.05) is 35.4 Å². The van der Waals surface area contributed by atoms with Gasteiger partial charge in [0.1, 0.15) is 5.82 Å². The third-order valence-corrected chi connectivity index (χ3v) is 3.13. The fourth-order valence-electron chi connectivity index (χ4n) is 2.08. The summed E-state index contributed by atoms with van der Waals surface area (Å²) in [7, 11) is 0. The fourth-order valence-corrected chi connectivity index (χ4v) is 2.08. The zero-order chi connectivity index (χ0) is 15.4. The van der Waals surface area contributed by atoms with Crippen LogP contribution in [-0.2, 0) is 0 Å². The molecule has 1 amide bonds. The average Bonchev–Trinajstić information content (AvgIpc) is 2.56. The van der Waals surface area contributed by atoms with Crippen LogP contribution in [0.3, 0.4) is 0 Å². The van der Waals surface area contributed by atoms with Gasteiger partial charge in [-0.1, -0.05) is 12.1 Å². The van der Waals surface area contributed by atoms with Crippen LogP contribution in [0.1, 0.15) is 16.2 Å². The van der Waals surface area contributed by atoms with Crippen molar-refractivity contribution < 1.29 is 4.79 Å². The summed E-state index contributed by atoms with van der Waals surface area (Å²) in [6, 6.07) is 12.8. The summed E-state index contributed by atoms with van der Waals surface area (Å²) >= 11 is 0. The number of aryl methyl sites for hydroxylation is 1. The van der Waals surface area contributed by atoms with Crippen molar-refractivity contribution in [2.45, 2.75) is 6.92 Å². The molecule has 22 heavy (non-hydrogen) atoms. The lowest BCUT2D eigenvalue weighted by Crippen LogP contribution is -2.11. The first-order valence-electron chi connectivity index (χ1n) is 6.84. The maximum absolute atomic E-state index is 12.2. The summed E-state index contributed by atoms with van der Waals surface area (Å²) < 4.78 is 0. The van der Waals surface area contributed by atoms with Crippen molar-refractivity contribution in [3.63, 3.8) is 0 Å². The third-order valence-electron chi connectivity index (χ3n) is 3.13. The number of nitrogens with one attached hydrogen (secondary N) is 1. The minimum Gasteiger partial charge on any atom is -0.322 e. The van der Waals surface area contributed by atoms with Crippen LogP contribution in [0.4, 0.5) is 5.69 Å². The molecule has 0 unspecified atom stereocenters. The minimum absolute atomic E-state index is 0.168. The van der Waals surface area contributed by atoms with Crippen LogP contribution >= 0.6 is 0 Å². The van der Waals surface area contributed by atoms with Gasteiger partial charge in [0.05, 0.1) is 5.69 Å². The molecule has 0 saturated heterocycles. The molecule has 108 valence electrons. The number of amides is 1. The van der Waals surface area contributed by atoms with E-state index in [9.17, 15) is 4.79 Å². The van der Waals surface area contributed by atoms with Gasteiger partial charge < -0.3 is 5.32 Å². The van der Waals surface area contributed by atoms with E-state index in [2.05, 4.69) is 20.3 Å². The lowest BCUT2D eigenvalue weighted by atomic mass is 10.1. The maximum Gasteiger partial charge on any atom is 0.255 e. The highest BCUT2D eigenvalue weighted by Crippen LogP contribution is 2.21. The van der Waals surface area contributed by atoms with Gasteiger partial charge in [-0.15, -0.1) is 0 Å². The lowest BCUT2D eigenvalue weighted by molar-refractivity contribution is 0.102. The molecule has 3 aromatic rings. The Morgan fingerprint density at radius 1 is 1.05 bits per heavy atom. The quantitative estimate of drug-likeness (QED) is 0.804. The van der Waals surface area contributed by atoms with Gasteiger partial charge >= 0.3 is 0 Å². The highest BCUT2D eigenvalue weighted by atomic mass is 16.1. The molecule has 3 rings (SSSR count). The summed E-state index contributed by atoms with van der Waals surface area (Å²) in [5, 5.41) is 2.87. The molecule has 5 heteroatoms. The van der Waals surface area contributed by atoms with Crippen molar-refractivity contribution >= 4 is 11.6 Å². The van der Waals surface area contributed by atoms with Crippen molar-refractivity contribution in [3.05, 3.63) is 72.4 Å². The van der Waals surface area contributed by atoms with E-state index in [4.69, 9.17) is 0 Å². The van der Waals surface area contributed by atoms with E-state index in [1.54, 1.807) is 30.7 Å². The molecule has 5 nitrogen and oxygen atoms in total. The second-order valence-corrected chi connectivity index (χ2v) is 4.76. The molecule has 0 aliphatic carbocycles. The largest absolute Gasteiger partial charge is 0.322 e. The van der Waals surface area contributed by atoms with Gasteiger partial charge in [-0.2, -0.15) is 0 Å².